The number of halogens is 3. The van der Waals surface area contributed by atoms with E-state index >= 15 is 0 Å². The van der Waals surface area contributed by atoms with Gasteiger partial charge in [0.15, 0.2) is 0 Å². The molecule has 0 unspecified atom stereocenters. The van der Waals surface area contributed by atoms with E-state index in [9.17, 15) is 22.8 Å². The molecule has 1 aromatic rings. The first-order chi connectivity index (χ1) is 10.8. The van der Waals surface area contributed by atoms with Crippen molar-refractivity contribution in [2.45, 2.75) is 19.1 Å². The molecule has 1 N–H and O–H groups in total. The molecule has 1 aliphatic heterocycles. The highest BCUT2D eigenvalue weighted by Gasteiger charge is 2.36. The lowest BCUT2D eigenvalue weighted by atomic mass is 10.1. The number of carbonyl (C=O) groups excluding carboxylic acids is 2. The van der Waals surface area contributed by atoms with Crippen molar-refractivity contribution >= 4 is 11.8 Å². The number of ether oxygens (including phenoxy) is 1. The largest absolute Gasteiger partial charge is 0.418 e. The van der Waals surface area contributed by atoms with Gasteiger partial charge in [0.1, 0.15) is 6.04 Å². The third-order valence-electron chi connectivity index (χ3n) is 3.41. The Morgan fingerprint density at radius 3 is 2.61 bits per heavy atom. The topological polar surface area (TPSA) is 71.5 Å². The van der Waals surface area contributed by atoms with Crippen molar-refractivity contribution < 1.29 is 27.5 Å². The lowest BCUT2D eigenvalue weighted by molar-refractivity contribution is -0.138. The highest BCUT2D eigenvalue weighted by Crippen LogP contribution is 2.31. The zero-order chi connectivity index (χ0) is 17.0. The molecule has 2 rings (SSSR count). The smallest absolute Gasteiger partial charge is 0.378 e. The molecule has 1 fully saturated rings. The summed E-state index contributed by atoms with van der Waals surface area (Å²) in [5.74, 6) is -1.32. The van der Waals surface area contributed by atoms with Crippen LogP contribution in [0.5, 0.6) is 0 Å². The van der Waals surface area contributed by atoms with E-state index in [-0.39, 0.29) is 5.91 Å². The predicted octanol–water partition coefficient (Wildman–Crippen LogP) is 1.08. The summed E-state index contributed by atoms with van der Waals surface area (Å²) >= 11 is 0. The highest BCUT2D eigenvalue weighted by molar-refractivity contribution is 5.98. The van der Waals surface area contributed by atoms with Crippen molar-refractivity contribution in [1.29, 1.82) is 0 Å². The quantitative estimate of drug-likeness (QED) is 0.900. The Labute approximate surface area is 130 Å². The second-order valence-electron chi connectivity index (χ2n) is 5.05. The first-order valence-electron chi connectivity index (χ1n) is 6.99. The van der Waals surface area contributed by atoms with Crippen LogP contribution in [0.2, 0.25) is 0 Å². The number of alkyl halides is 3. The molecule has 2 heterocycles. The number of amides is 2. The molecule has 23 heavy (non-hydrogen) atoms. The molecule has 9 heteroatoms. The van der Waals surface area contributed by atoms with Crippen LogP contribution in [0.3, 0.4) is 0 Å². The summed E-state index contributed by atoms with van der Waals surface area (Å²) in [7, 11) is 0. The van der Waals surface area contributed by atoms with Gasteiger partial charge in [-0.2, -0.15) is 13.2 Å². The molecule has 0 radical (unpaired) electrons. The van der Waals surface area contributed by atoms with Crippen LogP contribution in [0.15, 0.2) is 18.5 Å². The second kappa shape index (κ2) is 6.95. The molecule has 1 aliphatic rings. The van der Waals surface area contributed by atoms with Crippen LogP contribution in [0.25, 0.3) is 0 Å². The van der Waals surface area contributed by atoms with Crippen LogP contribution >= 0.6 is 0 Å². The zero-order valence-corrected chi connectivity index (χ0v) is 12.4. The molecule has 0 saturated carbocycles. The van der Waals surface area contributed by atoms with Gasteiger partial charge in [-0.1, -0.05) is 0 Å². The van der Waals surface area contributed by atoms with Gasteiger partial charge in [0.2, 0.25) is 5.91 Å². The number of nitrogens with zero attached hydrogens (tertiary/aromatic N) is 2. The van der Waals surface area contributed by atoms with Crippen LogP contribution in [0, 0.1) is 0 Å². The highest BCUT2D eigenvalue weighted by atomic mass is 19.4. The molecule has 0 aromatic carbocycles. The van der Waals surface area contributed by atoms with E-state index in [1.54, 1.807) is 0 Å². The first kappa shape index (κ1) is 17.2. The summed E-state index contributed by atoms with van der Waals surface area (Å²) in [6.07, 6.45) is -3.01. The minimum Gasteiger partial charge on any atom is -0.378 e. The number of morpholine rings is 1. The summed E-state index contributed by atoms with van der Waals surface area (Å²) in [5, 5.41) is 2.31. The van der Waals surface area contributed by atoms with Gasteiger partial charge in [-0.3, -0.25) is 14.6 Å². The minimum absolute atomic E-state index is 0.357. The number of pyridine rings is 1. The zero-order valence-electron chi connectivity index (χ0n) is 12.4. The Balaban J connectivity index is 2.08. The Morgan fingerprint density at radius 2 is 2.00 bits per heavy atom. The molecule has 2 amide bonds. The van der Waals surface area contributed by atoms with Crippen molar-refractivity contribution in [1.82, 2.24) is 15.2 Å². The van der Waals surface area contributed by atoms with Gasteiger partial charge in [0.05, 0.1) is 24.3 Å². The van der Waals surface area contributed by atoms with Gasteiger partial charge in [0, 0.05) is 25.5 Å². The van der Waals surface area contributed by atoms with E-state index < -0.39 is 29.3 Å². The Kier molecular flexibility index (Phi) is 5.19. The Bertz CT molecular complexity index is 586. The lowest BCUT2D eigenvalue weighted by Gasteiger charge is -2.29. The van der Waals surface area contributed by atoms with Gasteiger partial charge < -0.3 is 15.0 Å². The van der Waals surface area contributed by atoms with Crippen LogP contribution < -0.4 is 5.32 Å². The maximum Gasteiger partial charge on any atom is 0.418 e. The number of carbonyl (C=O) groups is 2. The third-order valence-corrected chi connectivity index (χ3v) is 3.41. The molecule has 126 valence electrons. The van der Waals surface area contributed by atoms with Gasteiger partial charge in [-0.05, 0) is 13.0 Å². The van der Waals surface area contributed by atoms with Gasteiger partial charge in [-0.15, -0.1) is 0 Å². The molecule has 6 nitrogen and oxygen atoms in total. The van der Waals surface area contributed by atoms with Crippen molar-refractivity contribution in [3.05, 3.63) is 29.6 Å². The van der Waals surface area contributed by atoms with Crippen LogP contribution in [-0.2, 0) is 15.7 Å². The number of hydrogen-bond acceptors (Lipinski definition) is 4. The predicted molar refractivity (Wildman–Crippen MR) is 73.6 cm³/mol. The van der Waals surface area contributed by atoms with E-state index in [1.165, 1.54) is 11.8 Å². The summed E-state index contributed by atoms with van der Waals surface area (Å²) in [6, 6.07) is 0.0410. The maximum atomic E-state index is 12.9. The molecule has 1 aromatic heterocycles. The fourth-order valence-electron chi connectivity index (χ4n) is 2.21. The van der Waals surface area contributed by atoms with E-state index in [4.69, 9.17) is 4.74 Å². The summed E-state index contributed by atoms with van der Waals surface area (Å²) < 4.78 is 43.8. The molecular weight excluding hydrogens is 315 g/mol. The second-order valence-corrected chi connectivity index (χ2v) is 5.05. The lowest BCUT2D eigenvalue weighted by Crippen LogP contribution is -2.50. The van der Waals surface area contributed by atoms with Crippen LogP contribution in [0.4, 0.5) is 13.2 Å². The number of nitrogens with one attached hydrogen (secondary N) is 1. The van der Waals surface area contributed by atoms with E-state index in [2.05, 4.69) is 10.3 Å². The molecule has 1 atom stereocenters. The minimum atomic E-state index is -4.70. The van der Waals surface area contributed by atoms with E-state index in [0.717, 1.165) is 12.3 Å². The normalized spacial score (nSPS) is 16.8. The molecule has 0 aliphatic carbocycles. The first-order valence-corrected chi connectivity index (χ1v) is 6.99. The average Bonchev–Trinajstić information content (AvgIpc) is 2.54. The monoisotopic (exact) mass is 331 g/mol. The fraction of sp³-hybridized carbons (Fsp3) is 0.500. The summed E-state index contributed by atoms with van der Waals surface area (Å²) in [4.78, 5) is 29.1. The summed E-state index contributed by atoms with van der Waals surface area (Å²) in [5.41, 5.74) is -1.70. The Hall–Kier alpha value is -2.16. The molecule has 0 bridgehead atoms. The van der Waals surface area contributed by atoms with Crippen molar-refractivity contribution in [3.8, 4) is 0 Å². The number of rotatable bonds is 3. The maximum absolute atomic E-state index is 12.9. The van der Waals surface area contributed by atoms with Crippen molar-refractivity contribution in [2.24, 2.45) is 0 Å². The molecular formula is C14H16F3N3O3. The van der Waals surface area contributed by atoms with Crippen LogP contribution in [0.1, 0.15) is 22.8 Å². The van der Waals surface area contributed by atoms with Gasteiger partial charge >= 0.3 is 6.18 Å². The fourth-order valence-corrected chi connectivity index (χ4v) is 2.21. The number of hydrogen-bond donors (Lipinski definition) is 1. The Morgan fingerprint density at radius 1 is 1.35 bits per heavy atom. The standard InChI is InChI=1S/C14H16F3N3O3/c1-9(13(22)20-4-6-23-7-5-20)19-12(21)10-2-3-18-8-11(10)14(15,16)17/h2-3,8-9H,4-7H2,1H3,(H,19,21)/t9-/m0/s1. The molecule has 1 saturated heterocycles. The third kappa shape index (κ3) is 4.19. The SMILES string of the molecule is C[C@H](NC(=O)c1ccncc1C(F)(F)F)C(=O)N1CCOCC1. The van der Waals surface area contributed by atoms with Crippen molar-refractivity contribution in [2.75, 3.05) is 26.3 Å². The van der Waals surface area contributed by atoms with Crippen LogP contribution in [-0.4, -0.2) is 54.0 Å². The summed E-state index contributed by atoms with van der Waals surface area (Å²) in [6.45, 7) is 3.01. The van der Waals surface area contributed by atoms with Gasteiger partial charge in [0.25, 0.3) is 5.91 Å². The van der Waals surface area contributed by atoms with E-state index in [0.29, 0.717) is 32.5 Å². The number of aromatic nitrogens is 1. The average molecular weight is 331 g/mol. The van der Waals surface area contributed by atoms with E-state index in [1.807, 2.05) is 0 Å². The van der Waals surface area contributed by atoms with Crippen molar-refractivity contribution in [3.63, 3.8) is 0 Å². The van der Waals surface area contributed by atoms with Gasteiger partial charge in [-0.25, -0.2) is 0 Å². The molecule has 0 spiro atoms.